The minimum absolute atomic E-state index is 0.0229. The van der Waals surface area contributed by atoms with Crippen molar-refractivity contribution >= 4 is 5.78 Å². The third-order valence-corrected chi connectivity index (χ3v) is 3.45. The molecular formula is C12H23NO2. The molecule has 1 heterocycles. The Labute approximate surface area is 92.5 Å². The van der Waals surface area contributed by atoms with E-state index in [0.29, 0.717) is 6.42 Å². The minimum atomic E-state index is -0.0229. The Morgan fingerprint density at radius 1 is 1.47 bits per heavy atom. The molecule has 0 saturated carbocycles. The van der Waals surface area contributed by atoms with Crippen molar-refractivity contribution in [1.82, 2.24) is 4.90 Å². The molecule has 0 radical (unpaired) electrons. The number of likely N-dealkylation sites (tertiary alicyclic amines) is 1. The maximum Gasteiger partial charge on any atom is 0.149 e. The van der Waals surface area contributed by atoms with Crippen molar-refractivity contribution in [3.8, 4) is 0 Å². The molecule has 0 aromatic heterocycles. The summed E-state index contributed by atoms with van der Waals surface area (Å²) < 4.78 is 0. The van der Waals surface area contributed by atoms with Gasteiger partial charge < -0.3 is 5.11 Å². The maximum atomic E-state index is 11.7. The van der Waals surface area contributed by atoms with Crippen LogP contribution in [0.25, 0.3) is 0 Å². The lowest BCUT2D eigenvalue weighted by atomic mass is 10.1. The Morgan fingerprint density at radius 3 is 2.80 bits per heavy atom. The molecule has 1 rings (SSSR count). The van der Waals surface area contributed by atoms with Gasteiger partial charge in [0.05, 0.1) is 12.6 Å². The van der Waals surface area contributed by atoms with Crippen LogP contribution in [0.1, 0.15) is 46.0 Å². The van der Waals surface area contributed by atoms with Crippen LogP contribution in [0.5, 0.6) is 0 Å². The van der Waals surface area contributed by atoms with Crippen LogP contribution in [-0.4, -0.2) is 41.0 Å². The van der Waals surface area contributed by atoms with Gasteiger partial charge in [-0.1, -0.05) is 19.8 Å². The van der Waals surface area contributed by atoms with E-state index in [2.05, 4.69) is 4.90 Å². The van der Waals surface area contributed by atoms with Crippen molar-refractivity contribution in [2.24, 2.45) is 0 Å². The highest BCUT2D eigenvalue weighted by Crippen LogP contribution is 2.19. The first-order valence-electron chi connectivity index (χ1n) is 6.10. The molecule has 15 heavy (non-hydrogen) atoms. The molecule has 2 unspecified atom stereocenters. The highest BCUT2D eigenvalue weighted by molar-refractivity contribution is 5.83. The maximum absolute atomic E-state index is 11.7. The van der Waals surface area contributed by atoms with Crippen LogP contribution >= 0.6 is 0 Å². The Hall–Kier alpha value is -0.410. The highest BCUT2D eigenvalue weighted by Gasteiger charge is 2.27. The molecule has 0 aliphatic carbocycles. The zero-order valence-electron chi connectivity index (χ0n) is 9.91. The Kier molecular flexibility index (Phi) is 5.26. The zero-order valence-corrected chi connectivity index (χ0v) is 9.91. The fraction of sp³-hybridized carbons (Fsp3) is 0.917. The molecule has 1 fully saturated rings. The Bertz CT molecular complexity index is 206. The SMILES string of the molecule is CCC(=O)C(C)N1CCCCCC1CO. The normalized spacial score (nSPS) is 25.9. The summed E-state index contributed by atoms with van der Waals surface area (Å²) in [5.41, 5.74) is 0. The lowest BCUT2D eigenvalue weighted by Crippen LogP contribution is -2.47. The van der Waals surface area contributed by atoms with Crippen molar-refractivity contribution in [1.29, 1.82) is 0 Å². The molecule has 1 saturated heterocycles. The van der Waals surface area contributed by atoms with E-state index in [-0.39, 0.29) is 24.5 Å². The number of carbonyl (C=O) groups is 1. The third-order valence-electron chi connectivity index (χ3n) is 3.45. The van der Waals surface area contributed by atoms with Crippen LogP contribution in [0.2, 0.25) is 0 Å². The van der Waals surface area contributed by atoms with Crippen LogP contribution < -0.4 is 0 Å². The smallest absolute Gasteiger partial charge is 0.149 e. The van der Waals surface area contributed by atoms with Crippen LogP contribution in [0.15, 0.2) is 0 Å². The molecule has 1 aliphatic heterocycles. The second kappa shape index (κ2) is 6.23. The number of ketones is 1. The van der Waals surface area contributed by atoms with Crippen molar-refractivity contribution in [2.75, 3.05) is 13.2 Å². The summed E-state index contributed by atoms with van der Waals surface area (Å²) in [5.74, 6) is 0.287. The summed E-state index contributed by atoms with van der Waals surface area (Å²) in [6.45, 7) is 5.02. The van der Waals surface area contributed by atoms with E-state index in [9.17, 15) is 9.90 Å². The van der Waals surface area contributed by atoms with Crippen LogP contribution in [0, 0.1) is 0 Å². The number of rotatable bonds is 4. The number of aliphatic hydroxyl groups is 1. The van der Waals surface area contributed by atoms with Gasteiger partial charge in [-0.25, -0.2) is 0 Å². The van der Waals surface area contributed by atoms with E-state index in [4.69, 9.17) is 0 Å². The van der Waals surface area contributed by atoms with E-state index < -0.39 is 0 Å². The van der Waals surface area contributed by atoms with Crippen molar-refractivity contribution in [3.63, 3.8) is 0 Å². The molecule has 0 aromatic rings. The van der Waals surface area contributed by atoms with Gasteiger partial charge in [0, 0.05) is 12.5 Å². The van der Waals surface area contributed by atoms with Gasteiger partial charge in [-0.2, -0.15) is 0 Å². The lowest BCUT2D eigenvalue weighted by molar-refractivity contribution is -0.124. The molecule has 3 heteroatoms. The minimum Gasteiger partial charge on any atom is -0.395 e. The Morgan fingerprint density at radius 2 is 2.20 bits per heavy atom. The third kappa shape index (κ3) is 3.28. The molecule has 3 nitrogen and oxygen atoms in total. The summed E-state index contributed by atoms with van der Waals surface area (Å²) in [6.07, 6.45) is 5.17. The average Bonchev–Trinajstić information content (AvgIpc) is 2.51. The predicted molar refractivity (Wildman–Crippen MR) is 60.8 cm³/mol. The molecule has 0 bridgehead atoms. The van der Waals surface area contributed by atoms with Crippen LogP contribution in [-0.2, 0) is 4.79 Å². The van der Waals surface area contributed by atoms with Gasteiger partial charge in [-0.3, -0.25) is 9.69 Å². The van der Waals surface area contributed by atoms with Gasteiger partial charge >= 0.3 is 0 Å². The molecule has 0 aromatic carbocycles. The summed E-state index contributed by atoms with van der Waals surface area (Å²) in [6, 6.07) is 0.170. The first-order chi connectivity index (χ1) is 7.20. The second-order valence-electron chi connectivity index (χ2n) is 4.42. The summed E-state index contributed by atoms with van der Waals surface area (Å²) in [4.78, 5) is 13.9. The topological polar surface area (TPSA) is 40.5 Å². The van der Waals surface area contributed by atoms with E-state index in [1.807, 2.05) is 13.8 Å². The number of carbonyl (C=O) groups excluding carboxylic acids is 1. The summed E-state index contributed by atoms with van der Waals surface area (Å²) in [7, 11) is 0. The molecule has 0 amide bonds. The van der Waals surface area contributed by atoms with Gasteiger partial charge in [0.1, 0.15) is 5.78 Å². The molecule has 1 N–H and O–H groups in total. The molecule has 0 spiro atoms. The van der Waals surface area contributed by atoms with Gasteiger partial charge in [0.2, 0.25) is 0 Å². The average molecular weight is 213 g/mol. The predicted octanol–water partition coefficient (Wildman–Crippen LogP) is 1.59. The molecule has 1 aliphatic rings. The number of hydrogen-bond donors (Lipinski definition) is 1. The van der Waals surface area contributed by atoms with Gasteiger partial charge in [0.25, 0.3) is 0 Å². The quantitative estimate of drug-likeness (QED) is 0.771. The van der Waals surface area contributed by atoms with Gasteiger partial charge in [-0.05, 0) is 26.3 Å². The number of hydrogen-bond acceptors (Lipinski definition) is 3. The first kappa shape index (κ1) is 12.7. The standard InChI is InChI=1S/C12H23NO2/c1-3-12(15)10(2)13-8-6-4-5-7-11(13)9-14/h10-11,14H,3-9H2,1-2H3. The van der Waals surface area contributed by atoms with Crippen molar-refractivity contribution < 1.29 is 9.90 Å². The van der Waals surface area contributed by atoms with Crippen LogP contribution in [0.3, 0.4) is 0 Å². The zero-order chi connectivity index (χ0) is 11.3. The van der Waals surface area contributed by atoms with E-state index in [0.717, 1.165) is 19.4 Å². The fourth-order valence-electron chi connectivity index (χ4n) is 2.39. The Balaban J connectivity index is 2.65. The first-order valence-corrected chi connectivity index (χ1v) is 6.10. The van der Waals surface area contributed by atoms with Crippen molar-refractivity contribution in [3.05, 3.63) is 0 Å². The fourth-order valence-corrected chi connectivity index (χ4v) is 2.39. The molecular weight excluding hydrogens is 190 g/mol. The lowest BCUT2D eigenvalue weighted by Gasteiger charge is -2.33. The summed E-state index contributed by atoms with van der Waals surface area (Å²) in [5, 5.41) is 9.34. The molecule has 88 valence electrons. The second-order valence-corrected chi connectivity index (χ2v) is 4.42. The van der Waals surface area contributed by atoms with Crippen molar-refractivity contribution in [2.45, 2.75) is 58.0 Å². The number of Topliss-reactive ketones (excluding diaryl/α,β-unsaturated/α-hetero) is 1. The van der Waals surface area contributed by atoms with E-state index >= 15 is 0 Å². The monoisotopic (exact) mass is 213 g/mol. The largest absolute Gasteiger partial charge is 0.395 e. The van der Waals surface area contributed by atoms with Crippen LogP contribution in [0.4, 0.5) is 0 Å². The number of nitrogens with zero attached hydrogens (tertiary/aromatic N) is 1. The van der Waals surface area contributed by atoms with Gasteiger partial charge in [-0.15, -0.1) is 0 Å². The van der Waals surface area contributed by atoms with Gasteiger partial charge in [0.15, 0.2) is 0 Å². The summed E-state index contributed by atoms with van der Waals surface area (Å²) >= 11 is 0. The highest BCUT2D eigenvalue weighted by atomic mass is 16.3. The number of aliphatic hydroxyl groups excluding tert-OH is 1. The molecule has 2 atom stereocenters. The van der Waals surface area contributed by atoms with E-state index in [1.165, 1.54) is 12.8 Å². The van der Waals surface area contributed by atoms with E-state index in [1.54, 1.807) is 0 Å².